The number of fused-ring (bicyclic) bond motifs is 2. The van der Waals surface area contributed by atoms with Crippen molar-refractivity contribution in [2.24, 2.45) is 0 Å². The smallest absolute Gasteiger partial charge is 0.0736 e. The molecule has 0 saturated carbocycles. The second kappa shape index (κ2) is 5.08. The van der Waals surface area contributed by atoms with E-state index >= 15 is 0 Å². The third-order valence-corrected chi connectivity index (χ3v) is 5.76. The van der Waals surface area contributed by atoms with Crippen molar-refractivity contribution in [1.82, 2.24) is 10.2 Å². The molecule has 0 radical (unpaired) electrons. The molecular weight excluding hydrogens is 260 g/mol. The highest BCUT2D eigenvalue weighted by molar-refractivity contribution is 5.25. The van der Waals surface area contributed by atoms with Crippen molar-refractivity contribution < 1.29 is 4.74 Å². The van der Waals surface area contributed by atoms with Gasteiger partial charge in [0, 0.05) is 25.2 Å². The maximum Gasteiger partial charge on any atom is 0.0736 e. The number of nitrogens with zero attached hydrogens (tertiary/aromatic N) is 1. The molecule has 0 amide bonds. The second-order valence-corrected chi connectivity index (χ2v) is 7.28. The van der Waals surface area contributed by atoms with Crippen molar-refractivity contribution >= 4 is 0 Å². The Morgan fingerprint density at radius 1 is 1.24 bits per heavy atom. The minimum absolute atomic E-state index is 0.0512. The summed E-state index contributed by atoms with van der Waals surface area (Å²) >= 11 is 0. The molecule has 3 heterocycles. The normalized spacial score (nSPS) is 43.3. The molecule has 0 aliphatic carbocycles. The average Bonchev–Trinajstić information content (AvgIpc) is 3.14. The van der Waals surface area contributed by atoms with Crippen LogP contribution >= 0.6 is 0 Å². The van der Waals surface area contributed by atoms with Crippen LogP contribution in [0.25, 0.3) is 0 Å². The van der Waals surface area contributed by atoms with Gasteiger partial charge >= 0.3 is 0 Å². The molecule has 114 valence electrons. The number of benzene rings is 1. The van der Waals surface area contributed by atoms with E-state index in [0.29, 0.717) is 24.3 Å². The van der Waals surface area contributed by atoms with Crippen molar-refractivity contribution in [3.05, 3.63) is 35.9 Å². The van der Waals surface area contributed by atoms with Crippen LogP contribution in [0.2, 0.25) is 0 Å². The number of ether oxygens (including phenoxy) is 1. The summed E-state index contributed by atoms with van der Waals surface area (Å²) in [5.41, 5.74) is 1.45. The van der Waals surface area contributed by atoms with Crippen LogP contribution in [0.15, 0.2) is 30.3 Å². The SMILES string of the molecule is CC1CNC(C)(c2ccccc2)CN1C1CC2CCC1O2. The molecule has 5 atom stereocenters. The maximum absolute atomic E-state index is 6.10. The molecule has 1 aromatic rings. The van der Waals surface area contributed by atoms with Gasteiger partial charge in [0.2, 0.25) is 0 Å². The molecule has 3 fully saturated rings. The monoisotopic (exact) mass is 286 g/mol. The number of hydrogen-bond acceptors (Lipinski definition) is 3. The van der Waals surface area contributed by atoms with Gasteiger partial charge in [-0.05, 0) is 38.7 Å². The first-order valence-corrected chi connectivity index (χ1v) is 8.37. The van der Waals surface area contributed by atoms with E-state index in [2.05, 4.69) is 54.4 Å². The van der Waals surface area contributed by atoms with Gasteiger partial charge in [-0.3, -0.25) is 4.90 Å². The third kappa shape index (κ3) is 2.32. The topological polar surface area (TPSA) is 24.5 Å². The first-order valence-electron chi connectivity index (χ1n) is 8.37. The van der Waals surface area contributed by atoms with E-state index in [0.717, 1.165) is 13.1 Å². The van der Waals surface area contributed by atoms with E-state index in [9.17, 15) is 0 Å². The summed E-state index contributed by atoms with van der Waals surface area (Å²) in [4.78, 5) is 2.72. The molecule has 2 bridgehead atoms. The maximum atomic E-state index is 6.10. The lowest BCUT2D eigenvalue weighted by Gasteiger charge is -2.49. The number of nitrogens with one attached hydrogen (secondary N) is 1. The van der Waals surface area contributed by atoms with Crippen LogP contribution in [0.5, 0.6) is 0 Å². The highest BCUT2D eigenvalue weighted by atomic mass is 16.5. The minimum Gasteiger partial charge on any atom is -0.373 e. The summed E-state index contributed by atoms with van der Waals surface area (Å²) in [6.45, 7) is 6.83. The number of hydrogen-bond donors (Lipinski definition) is 1. The Morgan fingerprint density at radius 3 is 2.71 bits per heavy atom. The summed E-state index contributed by atoms with van der Waals surface area (Å²) in [5.74, 6) is 0. The van der Waals surface area contributed by atoms with Gasteiger partial charge in [-0.1, -0.05) is 30.3 Å². The zero-order valence-corrected chi connectivity index (χ0v) is 13.1. The fourth-order valence-electron chi connectivity index (χ4n) is 4.47. The Kier molecular flexibility index (Phi) is 3.32. The van der Waals surface area contributed by atoms with E-state index in [1.165, 1.54) is 24.8 Å². The standard InChI is InChI=1S/C18H26N2O/c1-13-11-19-18(2,14-6-4-3-5-7-14)12-20(13)16-10-15-8-9-17(16)21-15/h3-7,13,15-17,19H,8-12H2,1-2H3. The first-order chi connectivity index (χ1) is 10.2. The average molecular weight is 286 g/mol. The summed E-state index contributed by atoms with van der Waals surface area (Å²) < 4.78 is 6.10. The van der Waals surface area contributed by atoms with E-state index in [1.807, 2.05) is 0 Å². The van der Waals surface area contributed by atoms with Gasteiger partial charge in [0.05, 0.1) is 17.7 Å². The molecule has 3 saturated heterocycles. The Hall–Kier alpha value is -0.900. The Labute approximate surface area is 127 Å². The lowest BCUT2D eigenvalue weighted by molar-refractivity contribution is 0.0162. The third-order valence-electron chi connectivity index (χ3n) is 5.76. The van der Waals surface area contributed by atoms with Crippen molar-refractivity contribution in [2.45, 2.75) is 62.9 Å². The van der Waals surface area contributed by atoms with Crippen LogP contribution in [-0.2, 0) is 10.3 Å². The van der Waals surface area contributed by atoms with Crippen LogP contribution in [0.3, 0.4) is 0 Å². The largest absolute Gasteiger partial charge is 0.373 e. The quantitative estimate of drug-likeness (QED) is 0.904. The molecule has 1 N–H and O–H groups in total. The second-order valence-electron chi connectivity index (χ2n) is 7.28. The van der Waals surface area contributed by atoms with Crippen LogP contribution < -0.4 is 5.32 Å². The van der Waals surface area contributed by atoms with Gasteiger partial charge in [0.15, 0.2) is 0 Å². The molecule has 4 rings (SSSR count). The summed E-state index contributed by atoms with van der Waals surface area (Å²) in [7, 11) is 0. The van der Waals surface area contributed by atoms with Crippen LogP contribution in [0.1, 0.15) is 38.7 Å². The van der Waals surface area contributed by atoms with Gasteiger partial charge in [0.1, 0.15) is 0 Å². The Morgan fingerprint density at radius 2 is 2.05 bits per heavy atom. The van der Waals surface area contributed by atoms with Crippen molar-refractivity contribution in [1.29, 1.82) is 0 Å². The lowest BCUT2D eigenvalue weighted by atomic mass is 9.85. The molecule has 3 aliphatic heterocycles. The molecule has 1 aromatic carbocycles. The predicted octanol–water partition coefficient (Wildman–Crippen LogP) is 2.52. The Balaban J connectivity index is 1.57. The van der Waals surface area contributed by atoms with Crippen LogP contribution in [0.4, 0.5) is 0 Å². The molecule has 21 heavy (non-hydrogen) atoms. The van der Waals surface area contributed by atoms with Gasteiger partial charge in [-0.2, -0.15) is 0 Å². The van der Waals surface area contributed by atoms with Gasteiger partial charge < -0.3 is 10.1 Å². The van der Waals surface area contributed by atoms with Gasteiger partial charge in [0.25, 0.3) is 0 Å². The van der Waals surface area contributed by atoms with Gasteiger partial charge in [-0.25, -0.2) is 0 Å². The minimum atomic E-state index is 0.0512. The van der Waals surface area contributed by atoms with Crippen LogP contribution in [-0.4, -0.2) is 42.3 Å². The Bertz CT molecular complexity index is 505. The number of piperazine rings is 1. The van der Waals surface area contributed by atoms with Crippen LogP contribution in [0, 0.1) is 0 Å². The van der Waals surface area contributed by atoms with E-state index < -0.39 is 0 Å². The lowest BCUT2D eigenvalue weighted by Crippen LogP contribution is -2.64. The van der Waals surface area contributed by atoms with Crippen molar-refractivity contribution in [2.75, 3.05) is 13.1 Å². The van der Waals surface area contributed by atoms with Gasteiger partial charge in [-0.15, -0.1) is 0 Å². The first kappa shape index (κ1) is 13.7. The highest BCUT2D eigenvalue weighted by Crippen LogP contribution is 2.40. The van der Waals surface area contributed by atoms with E-state index in [1.54, 1.807) is 0 Å². The molecule has 0 spiro atoms. The summed E-state index contributed by atoms with van der Waals surface area (Å²) in [6, 6.07) is 12.1. The fourth-order valence-corrected chi connectivity index (χ4v) is 4.47. The molecule has 3 nitrogen and oxygen atoms in total. The van der Waals surface area contributed by atoms with Crippen molar-refractivity contribution in [3.63, 3.8) is 0 Å². The number of rotatable bonds is 2. The summed E-state index contributed by atoms with van der Waals surface area (Å²) in [5, 5.41) is 3.78. The zero-order chi connectivity index (χ0) is 14.4. The summed E-state index contributed by atoms with van der Waals surface area (Å²) in [6.07, 6.45) is 4.78. The van der Waals surface area contributed by atoms with Crippen molar-refractivity contribution in [3.8, 4) is 0 Å². The molecule has 3 aliphatic rings. The predicted molar refractivity (Wildman–Crippen MR) is 84.3 cm³/mol. The highest BCUT2D eigenvalue weighted by Gasteiger charge is 2.47. The molecule has 0 aromatic heterocycles. The molecule has 5 unspecified atom stereocenters. The molecular formula is C18H26N2O. The van der Waals surface area contributed by atoms with E-state index in [4.69, 9.17) is 4.74 Å². The fraction of sp³-hybridized carbons (Fsp3) is 0.667. The van der Waals surface area contributed by atoms with E-state index in [-0.39, 0.29) is 5.54 Å². The zero-order valence-electron chi connectivity index (χ0n) is 13.1. The molecule has 3 heteroatoms.